The minimum absolute atomic E-state index is 0.0810. The summed E-state index contributed by atoms with van der Waals surface area (Å²) in [5.74, 6) is 1.86. The van der Waals surface area contributed by atoms with E-state index in [1.807, 2.05) is 35.3 Å². The van der Waals surface area contributed by atoms with Crippen molar-refractivity contribution in [1.82, 2.24) is 14.9 Å². The van der Waals surface area contributed by atoms with Crippen molar-refractivity contribution in [2.24, 2.45) is 0 Å². The summed E-state index contributed by atoms with van der Waals surface area (Å²) in [5.41, 5.74) is 0.551. The monoisotopic (exact) mass is 360 g/mol. The van der Waals surface area contributed by atoms with Crippen LogP contribution in [0.1, 0.15) is 36.2 Å². The van der Waals surface area contributed by atoms with Gasteiger partial charge in [0, 0.05) is 35.2 Å². The molecule has 2 aliphatic rings. The van der Waals surface area contributed by atoms with Gasteiger partial charge in [-0.15, -0.1) is 11.3 Å². The zero-order valence-electron chi connectivity index (χ0n) is 13.4. The third-order valence-corrected chi connectivity index (χ3v) is 6.77. The van der Waals surface area contributed by atoms with Crippen molar-refractivity contribution in [2.45, 2.75) is 37.0 Å². The summed E-state index contributed by atoms with van der Waals surface area (Å²) in [6, 6.07) is 6.07. The van der Waals surface area contributed by atoms with Gasteiger partial charge in [-0.05, 0) is 25.0 Å². The highest BCUT2D eigenvalue weighted by atomic mass is 32.2. The summed E-state index contributed by atoms with van der Waals surface area (Å²) in [6.45, 7) is 0.838. The molecule has 1 aliphatic carbocycles. The maximum Gasteiger partial charge on any atom is 0.273 e. The number of thiazole rings is 1. The second-order valence-electron chi connectivity index (χ2n) is 6.14. The molecule has 0 bridgehead atoms. The van der Waals surface area contributed by atoms with Crippen LogP contribution >= 0.6 is 23.1 Å². The summed E-state index contributed by atoms with van der Waals surface area (Å²) in [7, 11) is 0. The normalized spacial score (nSPS) is 23.6. The second-order valence-corrected chi connectivity index (χ2v) is 8.34. The highest BCUT2D eigenvalue weighted by Gasteiger charge is 2.37. The number of fused-ring (bicyclic) bond motifs is 1. The molecule has 7 heteroatoms. The Morgan fingerprint density at radius 3 is 3.08 bits per heavy atom. The van der Waals surface area contributed by atoms with Crippen LogP contribution in [0.15, 0.2) is 29.8 Å². The fourth-order valence-electron chi connectivity index (χ4n) is 3.47. The van der Waals surface area contributed by atoms with Crippen molar-refractivity contribution in [3.05, 3.63) is 35.5 Å². The predicted octanol–water partition coefficient (Wildman–Crippen LogP) is 3.78. The van der Waals surface area contributed by atoms with E-state index >= 15 is 0 Å². The maximum atomic E-state index is 12.9. The summed E-state index contributed by atoms with van der Waals surface area (Å²) < 4.78 is 0. The Labute approximate surface area is 149 Å². The molecule has 1 saturated heterocycles. The zero-order chi connectivity index (χ0) is 16.4. The molecule has 1 amide bonds. The third-order valence-electron chi connectivity index (χ3n) is 4.62. The summed E-state index contributed by atoms with van der Waals surface area (Å²) >= 11 is 3.49. The number of nitrogens with one attached hydrogen (secondary N) is 1. The Morgan fingerprint density at radius 2 is 2.21 bits per heavy atom. The average molecular weight is 361 g/mol. The molecule has 1 saturated carbocycles. The Morgan fingerprint density at radius 1 is 1.29 bits per heavy atom. The minimum atomic E-state index is 0.0810. The van der Waals surface area contributed by atoms with E-state index in [4.69, 9.17) is 0 Å². The number of pyridine rings is 1. The molecule has 0 radical (unpaired) electrons. The maximum absolute atomic E-state index is 12.9. The molecule has 24 heavy (non-hydrogen) atoms. The largest absolute Gasteiger partial charge is 0.332 e. The van der Waals surface area contributed by atoms with Crippen LogP contribution in [0.3, 0.4) is 0 Å². The first-order chi connectivity index (χ1) is 11.8. The van der Waals surface area contributed by atoms with Gasteiger partial charge in [-0.1, -0.05) is 18.9 Å². The van der Waals surface area contributed by atoms with Gasteiger partial charge in [0.05, 0.1) is 0 Å². The van der Waals surface area contributed by atoms with Crippen molar-refractivity contribution >= 4 is 40.0 Å². The molecule has 1 aliphatic heterocycles. The molecule has 2 aromatic rings. The van der Waals surface area contributed by atoms with Crippen LogP contribution in [-0.4, -0.2) is 44.4 Å². The minimum Gasteiger partial charge on any atom is -0.332 e. The smallest absolute Gasteiger partial charge is 0.273 e. The Hall–Kier alpha value is -1.60. The highest BCUT2D eigenvalue weighted by molar-refractivity contribution is 8.00. The Balaban J connectivity index is 1.48. The van der Waals surface area contributed by atoms with Crippen molar-refractivity contribution in [3.8, 4) is 0 Å². The molecule has 3 heterocycles. The molecule has 5 nitrogen and oxygen atoms in total. The van der Waals surface area contributed by atoms with Crippen molar-refractivity contribution in [1.29, 1.82) is 0 Å². The first-order valence-corrected chi connectivity index (χ1v) is 10.3. The fraction of sp³-hybridized carbons (Fsp3) is 0.471. The summed E-state index contributed by atoms with van der Waals surface area (Å²) in [6.07, 6.45) is 6.63. The number of aromatic nitrogens is 2. The quantitative estimate of drug-likeness (QED) is 0.903. The molecule has 126 valence electrons. The molecule has 0 spiro atoms. The van der Waals surface area contributed by atoms with Crippen LogP contribution in [0.4, 0.5) is 10.9 Å². The van der Waals surface area contributed by atoms with Gasteiger partial charge >= 0.3 is 0 Å². The van der Waals surface area contributed by atoms with E-state index in [0.29, 0.717) is 22.1 Å². The predicted molar refractivity (Wildman–Crippen MR) is 99.2 cm³/mol. The molecule has 2 aromatic heterocycles. The van der Waals surface area contributed by atoms with Crippen LogP contribution in [0.25, 0.3) is 0 Å². The van der Waals surface area contributed by atoms with Crippen LogP contribution in [0, 0.1) is 0 Å². The standard InChI is InChI=1S/C17H20N4OS2/c22-16(21-9-10-23-14-6-2-1-5-13(14)21)12-11-24-17(19-12)20-15-7-3-4-8-18-15/h3-4,7-8,11,13-14H,1-2,5-6,9-10H2,(H,18,19,20). The number of carbonyl (C=O) groups is 1. The van der Waals surface area contributed by atoms with Crippen LogP contribution in [0.2, 0.25) is 0 Å². The van der Waals surface area contributed by atoms with Crippen molar-refractivity contribution < 1.29 is 4.79 Å². The molecular formula is C17H20N4OS2. The second kappa shape index (κ2) is 7.11. The number of hydrogen-bond acceptors (Lipinski definition) is 6. The van der Waals surface area contributed by atoms with Gasteiger partial charge in [-0.25, -0.2) is 9.97 Å². The molecular weight excluding hydrogens is 340 g/mol. The Bertz CT molecular complexity index is 704. The zero-order valence-corrected chi connectivity index (χ0v) is 15.0. The lowest BCUT2D eigenvalue weighted by molar-refractivity contribution is 0.0641. The summed E-state index contributed by atoms with van der Waals surface area (Å²) in [4.78, 5) is 23.7. The topological polar surface area (TPSA) is 58.1 Å². The number of hydrogen-bond donors (Lipinski definition) is 1. The first kappa shape index (κ1) is 15.9. The number of anilines is 2. The van der Waals surface area contributed by atoms with Crippen LogP contribution < -0.4 is 5.32 Å². The number of nitrogens with zero attached hydrogens (tertiary/aromatic N) is 3. The molecule has 4 rings (SSSR count). The molecule has 2 unspecified atom stereocenters. The number of thioether (sulfide) groups is 1. The van der Waals surface area contributed by atoms with Crippen molar-refractivity contribution in [3.63, 3.8) is 0 Å². The van der Waals surface area contributed by atoms with Gasteiger partial charge in [0.1, 0.15) is 11.5 Å². The first-order valence-electron chi connectivity index (χ1n) is 8.37. The van der Waals surface area contributed by atoms with Gasteiger partial charge in [-0.2, -0.15) is 11.8 Å². The van der Waals surface area contributed by atoms with E-state index < -0.39 is 0 Å². The van der Waals surface area contributed by atoms with Gasteiger partial charge in [0.15, 0.2) is 5.13 Å². The van der Waals surface area contributed by atoms with E-state index in [1.165, 1.54) is 30.6 Å². The summed E-state index contributed by atoms with van der Waals surface area (Å²) in [5, 5.41) is 6.34. The van der Waals surface area contributed by atoms with Gasteiger partial charge in [-0.3, -0.25) is 4.79 Å². The lowest BCUT2D eigenvalue weighted by Crippen LogP contribution is -2.51. The van der Waals surface area contributed by atoms with E-state index in [0.717, 1.165) is 24.5 Å². The van der Waals surface area contributed by atoms with Gasteiger partial charge < -0.3 is 10.2 Å². The van der Waals surface area contributed by atoms with Crippen molar-refractivity contribution in [2.75, 3.05) is 17.6 Å². The Kier molecular flexibility index (Phi) is 4.71. The lowest BCUT2D eigenvalue weighted by atomic mass is 9.93. The van der Waals surface area contributed by atoms with E-state index in [1.54, 1.807) is 6.20 Å². The van der Waals surface area contributed by atoms with Gasteiger partial charge in [0.25, 0.3) is 5.91 Å². The molecule has 2 atom stereocenters. The van der Waals surface area contributed by atoms with Crippen LogP contribution in [0.5, 0.6) is 0 Å². The average Bonchev–Trinajstić information content (AvgIpc) is 3.10. The SMILES string of the molecule is O=C(c1csc(Nc2ccccn2)n1)N1CCSC2CCCCC21. The highest BCUT2D eigenvalue weighted by Crippen LogP contribution is 2.36. The molecule has 2 fully saturated rings. The number of rotatable bonds is 3. The van der Waals surface area contributed by atoms with Gasteiger partial charge in [0.2, 0.25) is 0 Å². The van der Waals surface area contributed by atoms with E-state index in [9.17, 15) is 4.79 Å². The van der Waals surface area contributed by atoms with E-state index in [-0.39, 0.29) is 5.91 Å². The van der Waals surface area contributed by atoms with E-state index in [2.05, 4.69) is 20.2 Å². The third kappa shape index (κ3) is 3.28. The fourth-order valence-corrected chi connectivity index (χ4v) is 5.61. The molecule has 1 N–H and O–H groups in total. The van der Waals surface area contributed by atoms with Crippen LogP contribution in [-0.2, 0) is 0 Å². The number of carbonyl (C=O) groups excluding carboxylic acids is 1. The lowest BCUT2D eigenvalue weighted by Gasteiger charge is -2.43. The molecule has 0 aromatic carbocycles. The number of amides is 1.